The van der Waals surface area contributed by atoms with Crippen molar-refractivity contribution in [2.24, 2.45) is 0 Å². The van der Waals surface area contributed by atoms with Crippen molar-refractivity contribution < 1.29 is 18.0 Å². The molecule has 2 rings (SSSR count). The number of nitrogens with zero attached hydrogens (tertiary/aromatic N) is 4. The number of fused-ring (bicyclic) bond motifs is 1. The van der Waals surface area contributed by atoms with Crippen LogP contribution in [-0.4, -0.2) is 31.4 Å². The van der Waals surface area contributed by atoms with Crippen LogP contribution in [0.3, 0.4) is 0 Å². The third-order valence-corrected chi connectivity index (χ3v) is 2.38. The standard InChI is InChI=1S/C9H7ClF3N5O/c1-4-2-5(14-6(19)3-10)15-8-16-7(9(11,12)13)17-18(4)8/h2H,3H2,1H3,(H,14,15,16,17,19). The number of anilines is 1. The van der Waals surface area contributed by atoms with Crippen molar-refractivity contribution in [1.82, 2.24) is 19.6 Å². The molecule has 0 bridgehead atoms. The molecule has 0 saturated heterocycles. The Bertz CT molecular complexity index is 639. The molecule has 0 atom stereocenters. The molecule has 2 aromatic rings. The van der Waals surface area contributed by atoms with Crippen LogP contribution >= 0.6 is 11.6 Å². The molecule has 19 heavy (non-hydrogen) atoms. The molecule has 0 aliphatic heterocycles. The number of hydrogen-bond acceptors (Lipinski definition) is 4. The van der Waals surface area contributed by atoms with E-state index in [4.69, 9.17) is 11.6 Å². The molecule has 2 heterocycles. The van der Waals surface area contributed by atoms with Gasteiger partial charge in [0.2, 0.25) is 5.91 Å². The lowest BCUT2D eigenvalue weighted by Gasteiger charge is -2.03. The van der Waals surface area contributed by atoms with E-state index >= 15 is 0 Å². The molecule has 1 N–H and O–H groups in total. The van der Waals surface area contributed by atoms with Gasteiger partial charge in [0, 0.05) is 11.8 Å². The highest BCUT2D eigenvalue weighted by Crippen LogP contribution is 2.26. The van der Waals surface area contributed by atoms with Gasteiger partial charge in [0.25, 0.3) is 11.6 Å². The molecule has 0 saturated carbocycles. The van der Waals surface area contributed by atoms with E-state index in [1.807, 2.05) is 0 Å². The summed E-state index contributed by atoms with van der Waals surface area (Å²) >= 11 is 5.30. The second-order valence-corrected chi connectivity index (χ2v) is 3.88. The fourth-order valence-corrected chi connectivity index (χ4v) is 1.44. The summed E-state index contributed by atoms with van der Waals surface area (Å²) < 4.78 is 38.4. The zero-order valence-electron chi connectivity index (χ0n) is 9.49. The topological polar surface area (TPSA) is 72.2 Å². The first-order valence-corrected chi connectivity index (χ1v) is 5.52. The van der Waals surface area contributed by atoms with Crippen LogP contribution in [0.5, 0.6) is 0 Å². The zero-order chi connectivity index (χ0) is 14.2. The first-order valence-electron chi connectivity index (χ1n) is 4.98. The number of aryl methyl sites for hydroxylation is 1. The van der Waals surface area contributed by atoms with Crippen LogP contribution < -0.4 is 5.32 Å². The molecule has 102 valence electrons. The van der Waals surface area contributed by atoms with Gasteiger partial charge in [-0.25, -0.2) is 4.52 Å². The predicted octanol–water partition coefficient (Wildman–Crippen LogP) is 1.63. The minimum atomic E-state index is -4.65. The molecule has 0 fully saturated rings. The Balaban J connectivity index is 2.48. The Morgan fingerprint density at radius 2 is 2.16 bits per heavy atom. The minimum absolute atomic E-state index is 0.0665. The number of nitrogens with one attached hydrogen (secondary N) is 1. The molecule has 1 amide bonds. The van der Waals surface area contributed by atoms with Gasteiger partial charge in [-0.2, -0.15) is 23.1 Å². The highest BCUT2D eigenvalue weighted by Gasteiger charge is 2.36. The molecule has 0 spiro atoms. The molecule has 0 unspecified atom stereocenters. The highest BCUT2D eigenvalue weighted by atomic mass is 35.5. The fourth-order valence-electron chi connectivity index (χ4n) is 1.37. The van der Waals surface area contributed by atoms with Crippen molar-refractivity contribution in [2.75, 3.05) is 11.2 Å². The number of alkyl halides is 4. The molecule has 0 radical (unpaired) electrons. The second kappa shape index (κ2) is 4.65. The predicted molar refractivity (Wildman–Crippen MR) is 59.9 cm³/mol. The third kappa shape index (κ3) is 2.75. The van der Waals surface area contributed by atoms with Crippen LogP contribution in [-0.2, 0) is 11.0 Å². The van der Waals surface area contributed by atoms with Crippen molar-refractivity contribution in [3.8, 4) is 0 Å². The Labute approximate surface area is 109 Å². The van der Waals surface area contributed by atoms with Crippen LogP contribution in [0, 0.1) is 6.92 Å². The molecule has 0 aliphatic carbocycles. The Morgan fingerprint density at radius 1 is 1.47 bits per heavy atom. The van der Waals surface area contributed by atoms with Crippen molar-refractivity contribution in [3.05, 3.63) is 17.6 Å². The van der Waals surface area contributed by atoms with Gasteiger partial charge in [-0.1, -0.05) is 0 Å². The number of amides is 1. The maximum atomic E-state index is 12.5. The van der Waals surface area contributed by atoms with Crippen molar-refractivity contribution in [3.63, 3.8) is 0 Å². The largest absolute Gasteiger partial charge is 0.453 e. The number of rotatable bonds is 2. The van der Waals surface area contributed by atoms with E-state index in [-0.39, 0.29) is 17.5 Å². The normalized spacial score (nSPS) is 11.8. The number of carbonyl (C=O) groups excluding carboxylic acids is 1. The summed E-state index contributed by atoms with van der Waals surface area (Å²) in [6.07, 6.45) is -4.65. The summed E-state index contributed by atoms with van der Waals surface area (Å²) in [6.45, 7) is 1.51. The van der Waals surface area contributed by atoms with E-state index in [9.17, 15) is 18.0 Å². The Morgan fingerprint density at radius 3 is 2.74 bits per heavy atom. The van der Waals surface area contributed by atoms with Gasteiger partial charge in [-0.15, -0.1) is 16.7 Å². The molecule has 0 aliphatic rings. The molecular weight excluding hydrogens is 287 g/mol. The molecule has 10 heteroatoms. The first kappa shape index (κ1) is 13.5. The summed E-state index contributed by atoms with van der Waals surface area (Å²) in [7, 11) is 0. The summed E-state index contributed by atoms with van der Waals surface area (Å²) in [5.74, 6) is -2.28. The highest BCUT2D eigenvalue weighted by molar-refractivity contribution is 6.29. The van der Waals surface area contributed by atoms with Gasteiger partial charge in [-0.05, 0) is 6.92 Å². The number of carbonyl (C=O) groups is 1. The lowest BCUT2D eigenvalue weighted by molar-refractivity contribution is -0.144. The van der Waals surface area contributed by atoms with Crippen molar-refractivity contribution >= 4 is 29.1 Å². The minimum Gasteiger partial charge on any atom is -0.309 e. The maximum Gasteiger partial charge on any atom is 0.453 e. The van der Waals surface area contributed by atoms with E-state index in [2.05, 4.69) is 20.4 Å². The van der Waals surface area contributed by atoms with Crippen LogP contribution in [0.4, 0.5) is 19.0 Å². The first-order chi connectivity index (χ1) is 8.81. The Hall–Kier alpha value is -1.90. The second-order valence-electron chi connectivity index (χ2n) is 3.61. The Kier molecular flexibility index (Phi) is 3.31. The molecule has 2 aromatic heterocycles. The van der Waals surface area contributed by atoms with Gasteiger partial charge in [0.15, 0.2) is 0 Å². The van der Waals surface area contributed by atoms with Crippen LogP contribution in [0.1, 0.15) is 11.5 Å². The third-order valence-electron chi connectivity index (χ3n) is 2.13. The van der Waals surface area contributed by atoms with E-state index in [1.54, 1.807) is 0 Å². The number of aromatic nitrogens is 4. The lowest BCUT2D eigenvalue weighted by atomic mass is 10.4. The van der Waals surface area contributed by atoms with Crippen molar-refractivity contribution in [1.29, 1.82) is 0 Å². The van der Waals surface area contributed by atoms with Crippen molar-refractivity contribution in [2.45, 2.75) is 13.1 Å². The van der Waals surface area contributed by atoms with Gasteiger partial charge >= 0.3 is 6.18 Å². The van der Waals surface area contributed by atoms with Crippen LogP contribution in [0.15, 0.2) is 6.07 Å². The smallest absolute Gasteiger partial charge is 0.309 e. The zero-order valence-corrected chi connectivity index (χ0v) is 10.2. The average molecular weight is 294 g/mol. The summed E-state index contributed by atoms with van der Waals surface area (Å²) in [6, 6.07) is 1.37. The molecule has 0 aromatic carbocycles. The lowest BCUT2D eigenvalue weighted by Crippen LogP contribution is -2.14. The summed E-state index contributed by atoms with van der Waals surface area (Å²) in [4.78, 5) is 18.1. The summed E-state index contributed by atoms with van der Waals surface area (Å²) in [5.41, 5.74) is 0.345. The van der Waals surface area contributed by atoms with Gasteiger partial charge in [-0.3, -0.25) is 4.79 Å². The molecular formula is C9H7ClF3N5O. The van der Waals surface area contributed by atoms with E-state index in [1.165, 1.54) is 13.0 Å². The van der Waals surface area contributed by atoms with Gasteiger partial charge in [0.1, 0.15) is 11.7 Å². The fraction of sp³-hybridized carbons (Fsp3) is 0.333. The quantitative estimate of drug-likeness (QED) is 0.854. The molecule has 6 nitrogen and oxygen atoms in total. The maximum absolute atomic E-state index is 12.5. The van der Waals surface area contributed by atoms with E-state index < -0.39 is 17.9 Å². The van der Waals surface area contributed by atoms with Gasteiger partial charge in [0.05, 0.1) is 0 Å². The monoisotopic (exact) mass is 293 g/mol. The summed E-state index contributed by atoms with van der Waals surface area (Å²) in [5, 5.41) is 5.63. The average Bonchev–Trinajstić information content (AvgIpc) is 2.73. The number of halogens is 4. The van der Waals surface area contributed by atoms with Crippen LogP contribution in [0.2, 0.25) is 0 Å². The van der Waals surface area contributed by atoms with E-state index in [0.717, 1.165) is 4.52 Å². The van der Waals surface area contributed by atoms with E-state index in [0.29, 0.717) is 5.69 Å². The van der Waals surface area contributed by atoms with Gasteiger partial charge < -0.3 is 5.32 Å². The number of hydrogen-bond donors (Lipinski definition) is 1. The SMILES string of the molecule is Cc1cc(NC(=O)CCl)nc2nc(C(F)(F)F)nn12. The van der Waals surface area contributed by atoms with Crippen LogP contribution in [0.25, 0.3) is 5.78 Å².